The van der Waals surface area contributed by atoms with Crippen LogP contribution in [-0.4, -0.2) is 52.0 Å². The van der Waals surface area contributed by atoms with Crippen LogP contribution in [-0.2, 0) is 21.0 Å². The first-order valence-electron chi connectivity index (χ1n) is 11.1. The Morgan fingerprint density at radius 1 is 0.889 bits per heavy atom. The van der Waals surface area contributed by atoms with E-state index in [1.807, 2.05) is 30.3 Å². The number of sulfonamides is 1. The van der Waals surface area contributed by atoms with Crippen LogP contribution in [0.15, 0.2) is 83.8 Å². The highest BCUT2D eigenvalue weighted by Gasteiger charge is 2.30. The Bertz CT molecular complexity index is 1290. The second kappa shape index (κ2) is 10.5. The van der Waals surface area contributed by atoms with Crippen molar-refractivity contribution in [2.75, 3.05) is 42.4 Å². The van der Waals surface area contributed by atoms with Gasteiger partial charge in [-0.3, -0.25) is 9.52 Å². The number of alkyl halides is 3. The van der Waals surface area contributed by atoms with E-state index in [0.29, 0.717) is 31.9 Å². The molecule has 0 atom stereocenters. The molecular formula is C25H24F3N3O4S. The van der Waals surface area contributed by atoms with E-state index in [0.717, 1.165) is 23.9 Å². The van der Waals surface area contributed by atoms with Crippen molar-refractivity contribution in [3.8, 4) is 5.75 Å². The van der Waals surface area contributed by atoms with E-state index >= 15 is 0 Å². The molecule has 0 aliphatic carbocycles. The number of para-hydroxylation sites is 1. The van der Waals surface area contributed by atoms with E-state index in [1.54, 1.807) is 4.90 Å². The number of halogens is 3. The van der Waals surface area contributed by atoms with Crippen LogP contribution in [0.4, 0.5) is 24.5 Å². The van der Waals surface area contributed by atoms with Crippen molar-refractivity contribution in [1.29, 1.82) is 0 Å². The first kappa shape index (κ1) is 25.4. The van der Waals surface area contributed by atoms with Crippen molar-refractivity contribution < 1.29 is 31.1 Å². The Morgan fingerprint density at radius 2 is 1.56 bits per heavy atom. The van der Waals surface area contributed by atoms with Crippen molar-refractivity contribution in [3.05, 3.63) is 84.4 Å². The average molecular weight is 520 g/mol. The zero-order valence-corrected chi connectivity index (χ0v) is 19.9. The molecule has 3 aromatic rings. The maximum absolute atomic E-state index is 12.9. The summed E-state index contributed by atoms with van der Waals surface area (Å²) in [5, 5.41) is 0. The summed E-state index contributed by atoms with van der Waals surface area (Å²) in [6, 6.07) is 19.2. The molecule has 0 unspecified atom stereocenters. The summed E-state index contributed by atoms with van der Waals surface area (Å²) in [7, 11) is -4.12. The highest BCUT2D eigenvalue weighted by atomic mass is 32.2. The molecule has 11 heteroatoms. The second-order valence-corrected chi connectivity index (χ2v) is 9.83. The topological polar surface area (TPSA) is 78.9 Å². The van der Waals surface area contributed by atoms with E-state index in [1.165, 1.54) is 30.3 Å². The fraction of sp³-hybridized carbons (Fsp3) is 0.240. The number of rotatable bonds is 7. The molecule has 1 amide bonds. The van der Waals surface area contributed by atoms with E-state index in [4.69, 9.17) is 4.74 Å². The number of carbonyl (C=O) groups is 1. The summed E-state index contributed by atoms with van der Waals surface area (Å²) in [6.07, 6.45) is -4.59. The van der Waals surface area contributed by atoms with Crippen LogP contribution in [0.25, 0.3) is 0 Å². The quantitative estimate of drug-likeness (QED) is 0.506. The average Bonchev–Trinajstić information content (AvgIpc) is 2.87. The van der Waals surface area contributed by atoms with Gasteiger partial charge in [0.1, 0.15) is 5.75 Å². The van der Waals surface area contributed by atoms with Gasteiger partial charge >= 0.3 is 6.18 Å². The molecule has 0 saturated carbocycles. The molecule has 190 valence electrons. The number of hydrogen-bond donors (Lipinski definition) is 1. The number of carbonyl (C=O) groups excluding carboxylic acids is 1. The lowest BCUT2D eigenvalue weighted by atomic mass is 10.2. The number of piperazine rings is 1. The number of hydrogen-bond acceptors (Lipinski definition) is 5. The van der Waals surface area contributed by atoms with Gasteiger partial charge in [0.05, 0.1) is 10.5 Å². The largest absolute Gasteiger partial charge is 0.484 e. The van der Waals surface area contributed by atoms with Crippen LogP contribution in [0.2, 0.25) is 0 Å². The lowest BCUT2D eigenvalue weighted by Gasteiger charge is -2.36. The highest BCUT2D eigenvalue weighted by molar-refractivity contribution is 7.92. The fourth-order valence-electron chi connectivity index (χ4n) is 3.78. The summed E-state index contributed by atoms with van der Waals surface area (Å²) >= 11 is 0. The highest BCUT2D eigenvalue weighted by Crippen LogP contribution is 2.31. The van der Waals surface area contributed by atoms with Gasteiger partial charge in [-0.15, -0.1) is 0 Å². The van der Waals surface area contributed by atoms with Crippen molar-refractivity contribution >= 4 is 27.3 Å². The lowest BCUT2D eigenvalue weighted by molar-refractivity contribution is -0.137. The number of ether oxygens (including phenoxy) is 1. The zero-order valence-electron chi connectivity index (χ0n) is 19.1. The molecule has 3 aromatic carbocycles. The summed E-state index contributed by atoms with van der Waals surface area (Å²) in [6.45, 7) is 2.35. The smallest absolute Gasteiger partial charge is 0.416 e. The second-order valence-electron chi connectivity index (χ2n) is 8.15. The molecule has 7 nitrogen and oxygen atoms in total. The summed E-state index contributed by atoms with van der Waals surface area (Å²) in [5.74, 6) is 0.120. The van der Waals surface area contributed by atoms with Crippen LogP contribution in [0.1, 0.15) is 5.56 Å². The molecule has 0 aromatic heterocycles. The summed E-state index contributed by atoms with van der Waals surface area (Å²) < 4.78 is 71.5. The molecule has 1 aliphatic heterocycles. The predicted molar refractivity (Wildman–Crippen MR) is 129 cm³/mol. The number of nitrogens with one attached hydrogen (secondary N) is 1. The molecule has 1 aliphatic rings. The Morgan fingerprint density at radius 3 is 2.19 bits per heavy atom. The van der Waals surface area contributed by atoms with Crippen LogP contribution >= 0.6 is 0 Å². The van der Waals surface area contributed by atoms with Crippen LogP contribution in [0, 0.1) is 0 Å². The Kier molecular flexibility index (Phi) is 7.39. The molecule has 0 spiro atoms. The third-order valence-electron chi connectivity index (χ3n) is 5.69. The van der Waals surface area contributed by atoms with Gasteiger partial charge in [0.15, 0.2) is 6.61 Å². The molecule has 4 rings (SSSR count). The van der Waals surface area contributed by atoms with Gasteiger partial charge in [0, 0.05) is 37.6 Å². The Balaban J connectivity index is 1.30. The maximum Gasteiger partial charge on any atom is 0.416 e. The maximum atomic E-state index is 12.9. The van der Waals surface area contributed by atoms with Crippen molar-refractivity contribution in [2.45, 2.75) is 11.1 Å². The molecule has 1 saturated heterocycles. The van der Waals surface area contributed by atoms with E-state index in [2.05, 4.69) is 9.62 Å². The van der Waals surface area contributed by atoms with Gasteiger partial charge in [-0.05, 0) is 54.6 Å². The molecule has 36 heavy (non-hydrogen) atoms. The lowest BCUT2D eigenvalue weighted by Crippen LogP contribution is -2.50. The van der Waals surface area contributed by atoms with Crippen molar-refractivity contribution in [2.24, 2.45) is 0 Å². The minimum Gasteiger partial charge on any atom is -0.484 e. The van der Waals surface area contributed by atoms with Gasteiger partial charge in [0.25, 0.3) is 15.9 Å². The third-order valence-corrected chi connectivity index (χ3v) is 7.09. The van der Waals surface area contributed by atoms with Crippen molar-refractivity contribution in [1.82, 2.24) is 4.90 Å². The molecule has 0 bridgehead atoms. The summed E-state index contributed by atoms with van der Waals surface area (Å²) in [5.41, 5.74) is -0.0564. The van der Waals surface area contributed by atoms with Crippen LogP contribution in [0.5, 0.6) is 5.75 Å². The Hall–Kier alpha value is -3.73. The van der Waals surface area contributed by atoms with Gasteiger partial charge < -0.3 is 14.5 Å². The molecule has 1 N–H and O–H groups in total. The van der Waals surface area contributed by atoms with Crippen LogP contribution in [0.3, 0.4) is 0 Å². The molecular weight excluding hydrogens is 495 g/mol. The van der Waals surface area contributed by atoms with E-state index < -0.39 is 21.8 Å². The van der Waals surface area contributed by atoms with Gasteiger partial charge in [-0.25, -0.2) is 8.42 Å². The first-order valence-corrected chi connectivity index (χ1v) is 12.6. The number of nitrogens with zero attached hydrogens (tertiary/aromatic N) is 2. The zero-order chi connectivity index (χ0) is 25.8. The molecule has 0 radical (unpaired) electrons. The van der Waals surface area contributed by atoms with Gasteiger partial charge in [-0.1, -0.05) is 24.3 Å². The monoisotopic (exact) mass is 519 g/mol. The van der Waals surface area contributed by atoms with Crippen LogP contribution < -0.4 is 14.4 Å². The molecule has 1 fully saturated rings. The SMILES string of the molecule is O=C(COc1ccc(S(=O)(=O)Nc2cccc(C(F)(F)F)c2)cc1)N1CCN(c2ccccc2)CC1. The first-order chi connectivity index (χ1) is 17.1. The van der Waals surface area contributed by atoms with E-state index in [9.17, 15) is 26.4 Å². The normalized spacial score (nSPS) is 14.4. The number of amides is 1. The minimum absolute atomic E-state index is 0.157. The fourth-order valence-corrected chi connectivity index (χ4v) is 4.83. The van der Waals surface area contributed by atoms with Crippen molar-refractivity contribution in [3.63, 3.8) is 0 Å². The number of anilines is 2. The predicted octanol–water partition coefficient (Wildman–Crippen LogP) is 4.23. The van der Waals surface area contributed by atoms with E-state index in [-0.39, 0.29) is 23.1 Å². The summed E-state index contributed by atoms with van der Waals surface area (Å²) in [4.78, 5) is 16.3. The van der Waals surface area contributed by atoms with Gasteiger partial charge in [0.2, 0.25) is 0 Å². The third kappa shape index (κ3) is 6.28. The van der Waals surface area contributed by atoms with Gasteiger partial charge in [-0.2, -0.15) is 13.2 Å². The standard InChI is InChI=1S/C25H24F3N3O4S/c26-25(27,28)19-5-4-6-20(17-19)29-36(33,34)23-11-9-22(10-12-23)35-18-24(32)31-15-13-30(14-16-31)21-7-2-1-3-8-21/h1-12,17,29H,13-16,18H2. The minimum atomic E-state index is -4.59. The Labute approximate surface area is 207 Å². The molecule has 1 heterocycles. The number of benzene rings is 3.